The Kier molecular flexibility index (Phi) is 4.56. The second-order valence-electron chi connectivity index (χ2n) is 4.46. The number of carboxylic acid groups (broad SMARTS) is 1. The predicted molar refractivity (Wildman–Crippen MR) is 72.6 cm³/mol. The highest BCUT2D eigenvalue weighted by Crippen LogP contribution is 2.13. The highest BCUT2D eigenvalue weighted by atomic mass is 32.2. The molecule has 1 aromatic rings. The summed E-state index contributed by atoms with van der Waals surface area (Å²) < 4.78 is 24.8. The summed E-state index contributed by atoms with van der Waals surface area (Å²) in [6.45, 7) is 2.80. The number of carboxylic acids is 1. The molecule has 2 heterocycles. The van der Waals surface area contributed by atoms with Crippen LogP contribution in [0, 0.1) is 0 Å². The van der Waals surface area contributed by atoms with E-state index in [1.165, 1.54) is 9.87 Å². The van der Waals surface area contributed by atoms with Crippen molar-refractivity contribution in [3.05, 3.63) is 22.4 Å². The molecule has 1 aliphatic heterocycles. The number of rotatable bonds is 5. The highest BCUT2D eigenvalue weighted by Gasteiger charge is 2.28. The fourth-order valence-corrected chi connectivity index (χ4v) is 3.93. The van der Waals surface area contributed by atoms with E-state index in [1.807, 2.05) is 5.38 Å². The van der Waals surface area contributed by atoms with E-state index in [1.54, 1.807) is 11.3 Å². The lowest BCUT2D eigenvalue weighted by atomic mass is 10.3. The molecule has 0 bridgehead atoms. The van der Waals surface area contributed by atoms with Gasteiger partial charge in [-0.3, -0.25) is 9.69 Å². The van der Waals surface area contributed by atoms with Crippen LogP contribution in [0.3, 0.4) is 0 Å². The average molecular weight is 304 g/mol. The van der Waals surface area contributed by atoms with Gasteiger partial charge in [0.2, 0.25) is 10.0 Å². The van der Waals surface area contributed by atoms with E-state index in [0.717, 1.165) is 6.54 Å². The zero-order valence-corrected chi connectivity index (χ0v) is 12.0. The molecule has 106 valence electrons. The van der Waals surface area contributed by atoms with Gasteiger partial charge in [-0.2, -0.15) is 15.6 Å². The van der Waals surface area contributed by atoms with Crippen LogP contribution in [0.4, 0.5) is 0 Å². The first-order valence-corrected chi connectivity index (χ1v) is 8.45. The van der Waals surface area contributed by atoms with Crippen molar-refractivity contribution in [2.45, 2.75) is 6.54 Å². The first-order valence-electron chi connectivity index (χ1n) is 5.90. The van der Waals surface area contributed by atoms with Gasteiger partial charge in [-0.15, -0.1) is 0 Å². The lowest BCUT2D eigenvalue weighted by molar-refractivity contribution is -0.134. The first-order chi connectivity index (χ1) is 8.97. The summed E-state index contributed by atoms with van der Waals surface area (Å²) in [5.74, 6) is -2.13. The second-order valence-corrected chi connectivity index (χ2v) is 7.21. The number of hydrogen-bond acceptors (Lipinski definition) is 5. The van der Waals surface area contributed by atoms with Crippen LogP contribution in [0.2, 0.25) is 0 Å². The Labute approximate surface area is 116 Å². The minimum absolute atomic E-state index is 0.361. The topological polar surface area (TPSA) is 77.9 Å². The van der Waals surface area contributed by atoms with Crippen LogP contribution in [0.5, 0.6) is 0 Å². The van der Waals surface area contributed by atoms with E-state index in [9.17, 15) is 13.2 Å². The van der Waals surface area contributed by atoms with Crippen LogP contribution in [-0.4, -0.2) is 60.6 Å². The molecule has 1 aromatic heterocycles. The molecule has 6 nitrogen and oxygen atoms in total. The molecule has 1 N–H and O–H groups in total. The fraction of sp³-hybridized carbons (Fsp3) is 0.545. The second kappa shape index (κ2) is 6.00. The maximum absolute atomic E-state index is 11.7. The third-order valence-corrected chi connectivity index (χ3v) is 5.51. The summed E-state index contributed by atoms with van der Waals surface area (Å²) in [7, 11) is -3.66. The standard InChI is InChI=1S/C11H16N2O4S2/c14-11(15)9-19(16,17)13-4-2-12(3-5-13)7-10-1-6-18-8-10/h1,6,8H,2-5,7,9H2,(H,14,15). The molecule has 0 unspecified atom stereocenters. The Balaban J connectivity index is 1.87. The first kappa shape index (κ1) is 14.4. The largest absolute Gasteiger partial charge is 0.480 e. The molecule has 1 aliphatic rings. The van der Waals surface area contributed by atoms with Crippen LogP contribution < -0.4 is 0 Å². The molecule has 0 aromatic carbocycles. The maximum Gasteiger partial charge on any atom is 0.320 e. The van der Waals surface area contributed by atoms with Gasteiger partial charge in [-0.05, 0) is 22.4 Å². The number of nitrogens with zero attached hydrogens (tertiary/aromatic N) is 2. The van der Waals surface area contributed by atoms with Gasteiger partial charge in [-0.1, -0.05) is 0 Å². The Morgan fingerprint density at radius 2 is 2.00 bits per heavy atom. The molecular weight excluding hydrogens is 288 g/mol. The molecule has 8 heteroatoms. The fourth-order valence-electron chi connectivity index (χ4n) is 2.05. The molecule has 1 fully saturated rings. The monoisotopic (exact) mass is 304 g/mol. The molecule has 0 aliphatic carbocycles. The number of hydrogen-bond donors (Lipinski definition) is 1. The Morgan fingerprint density at radius 1 is 1.32 bits per heavy atom. The van der Waals surface area contributed by atoms with Crippen molar-refractivity contribution in [1.29, 1.82) is 0 Å². The van der Waals surface area contributed by atoms with Gasteiger partial charge in [0.05, 0.1) is 0 Å². The number of thiophene rings is 1. The summed E-state index contributed by atoms with van der Waals surface area (Å²) in [6, 6.07) is 2.05. The van der Waals surface area contributed by atoms with Crippen molar-refractivity contribution in [1.82, 2.24) is 9.21 Å². The Bertz CT molecular complexity index is 519. The number of carbonyl (C=O) groups is 1. The van der Waals surface area contributed by atoms with Crippen LogP contribution in [-0.2, 0) is 21.4 Å². The maximum atomic E-state index is 11.7. The third-order valence-electron chi connectivity index (χ3n) is 3.02. The van der Waals surface area contributed by atoms with E-state index in [2.05, 4.69) is 16.3 Å². The minimum atomic E-state index is -3.66. The summed E-state index contributed by atoms with van der Waals surface area (Å²) in [5, 5.41) is 12.7. The van der Waals surface area contributed by atoms with Crippen molar-refractivity contribution in [3.8, 4) is 0 Å². The third kappa shape index (κ3) is 4.00. The van der Waals surface area contributed by atoms with Crippen molar-refractivity contribution >= 4 is 27.3 Å². The molecule has 0 atom stereocenters. The van der Waals surface area contributed by atoms with Gasteiger partial charge < -0.3 is 5.11 Å². The molecular formula is C11H16N2O4S2. The smallest absolute Gasteiger partial charge is 0.320 e. The SMILES string of the molecule is O=C(O)CS(=O)(=O)N1CCN(Cc2ccsc2)CC1. The van der Waals surface area contributed by atoms with Gasteiger partial charge in [-0.25, -0.2) is 8.42 Å². The van der Waals surface area contributed by atoms with Gasteiger partial charge in [0.1, 0.15) is 0 Å². The molecule has 2 rings (SSSR count). The molecule has 0 spiro atoms. The van der Waals surface area contributed by atoms with Crippen molar-refractivity contribution in [2.75, 3.05) is 31.9 Å². The van der Waals surface area contributed by atoms with Crippen molar-refractivity contribution in [2.24, 2.45) is 0 Å². The lowest BCUT2D eigenvalue weighted by Crippen LogP contribution is -2.49. The Hall–Kier alpha value is -0.960. The summed E-state index contributed by atoms with van der Waals surface area (Å²) in [5.41, 5.74) is 1.23. The highest BCUT2D eigenvalue weighted by molar-refractivity contribution is 7.89. The van der Waals surface area contributed by atoms with Crippen LogP contribution >= 0.6 is 11.3 Å². The summed E-state index contributed by atoms with van der Waals surface area (Å²) in [4.78, 5) is 12.7. The quantitative estimate of drug-likeness (QED) is 0.845. The van der Waals surface area contributed by atoms with Gasteiger partial charge in [0.25, 0.3) is 0 Å². The van der Waals surface area contributed by atoms with E-state index < -0.39 is 21.7 Å². The van der Waals surface area contributed by atoms with Crippen molar-refractivity contribution in [3.63, 3.8) is 0 Å². The van der Waals surface area contributed by atoms with Crippen LogP contribution in [0.25, 0.3) is 0 Å². The van der Waals surface area contributed by atoms with Crippen LogP contribution in [0.15, 0.2) is 16.8 Å². The molecule has 1 saturated heterocycles. The number of aliphatic carboxylic acids is 1. The van der Waals surface area contributed by atoms with Gasteiger partial charge in [0.15, 0.2) is 5.75 Å². The molecule has 19 heavy (non-hydrogen) atoms. The Morgan fingerprint density at radius 3 is 2.53 bits per heavy atom. The molecule has 0 amide bonds. The van der Waals surface area contributed by atoms with Crippen molar-refractivity contribution < 1.29 is 18.3 Å². The van der Waals surface area contributed by atoms with E-state index >= 15 is 0 Å². The normalized spacial score (nSPS) is 18.5. The zero-order valence-electron chi connectivity index (χ0n) is 10.4. The van der Waals surface area contributed by atoms with Gasteiger partial charge >= 0.3 is 5.97 Å². The van der Waals surface area contributed by atoms with Gasteiger partial charge in [0, 0.05) is 32.7 Å². The number of sulfonamides is 1. The van der Waals surface area contributed by atoms with E-state index in [-0.39, 0.29) is 0 Å². The zero-order chi connectivity index (χ0) is 13.9. The van der Waals surface area contributed by atoms with E-state index in [4.69, 9.17) is 5.11 Å². The number of piperazine rings is 1. The summed E-state index contributed by atoms with van der Waals surface area (Å²) in [6.07, 6.45) is 0. The summed E-state index contributed by atoms with van der Waals surface area (Å²) >= 11 is 1.64. The average Bonchev–Trinajstić information content (AvgIpc) is 2.81. The predicted octanol–water partition coefficient (Wildman–Crippen LogP) is 0.280. The molecule has 0 saturated carbocycles. The van der Waals surface area contributed by atoms with E-state index in [0.29, 0.717) is 26.2 Å². The minimum Gasteiger partial charge on any atom is -0.480 e. The van der Waals surface area contributed by atoms with Crippen LogP contribution in [0.1, 0.15) is 5.56 Å². The lowest BCUT2D eigenvalue weighted by Gasteiger charge is -2.33. The molecule has 0 radical (unpaired) electrons.